The Bertz CT molecular complexity index is 473. The summed E-state index contributed by atoms with van der Waals surface area (Å²) < 4.78 is 0. The van der Waals surface area contributed by atoms with Gasteiger partial charge in [0.15, 0.2) is 0 Å². The van der Waals surface area contributed by atoms with E-state index in [9.17, 15) is 9.59 Å². The van der Waals surface area contributed by atoms with E-state index in [2.05, 4.69) is 5.32 Å². The SMILES string of the molecule is CCCC1C(=O)NC(=O)CC1c1ccccc1Cl. The summed E-state index contributed by atoms with van der Waals surface area (Å²) in [6.07, 6.45) is 2.02. The van der Waals surface area contributed by atoms with Gasteiger partial charge in [-0.2, -0.15) is 0 Å². The van der Waals surface area contributed by atoms with E-state index >= 15 is 0 Å². The van der Waals surface area contributed by atoms with Crippen LogP contribution in [-0.2, 0) is 9.59 Å². The van der Waals surface area contributed by atoms with Crippen LogP contribution in [0.4, 0.5) is 0 Å². The number of nitrogens with one attached hydrogen (secondary N) is 1. The van der Waals surface area contributed by atoms with Gasteiger partial charge in [-0.05, 0) is 18.1 Å². The van der Waals surface area contributed by atoms with Gasteiger partial charge in [-0.1, -0.05) is 43.1 Å². The number of hydrogen-bond acceptors (Lipinski definition) is 2. The van der Waals surface area contributed by atoms with Crippen LogP contribution in [-0.4, -0.2) is 11.8 Å². The lowest BCUT2D eigenvalue weighted by Gasteiger charge is -2.30. The molecule has 1 aliphatic rings. The fourth-order valence-corrected chi connectivity index (χ4v) is 2.83. The third-order valence-corrected chi connectivity index (χ3v) is 3.74. The van der Waals surface area contributed by atoms with Crippen molar-refractivity contribution in [3.05, 3.63) is 34.9 Å². The van der Waals surface area contributed by atoms with Crippen molar-refractivity contribution in [2.24, 2.45) is 5.92 Å². The lowest BCUT2D eigenvalue weighted by molar-refractivity contribution is -0.137. The molecule has 0 aromatic heterocycles. The average Bonchev–Trinajstić information content (AvgIpc) is 2.33. The molecule has 1 saturated heterocycles. The summed E-state index contributed by atoms with van der Waals surface area (Å²) >= 11 is 6.18. The molecule has 1 aliphatic heterocycles. The van der Waals surface area contributed by atoms with Crippen LogP contribution in [0.5, 0.6) is 0 Å². The molecule has 0 radical (unpaired) electrons. The lowest BCUT2D eigenvalue weighted by atomic mass is 9.78. The van der Waals surface area contributed by atoms with Gasteiger partial charge < -0.3 is 0 Å². The predicted molar refractivity (Wildman–Crippen MR) is 70.4 cm³/mol. The fourth-order valence-electron chi connectivity index (χ4n) is 2.55. The van der Waals surface area contributed by atoms with Crippen LogP contribution in [0.2, 0.25) is 5.02 Å². The maximum absolute atomic E-state index is 11.9. The van der Waals surface area contributed by atoms with Gasteiger partial charge in [-0.15, -0.1) is 0 Å². The van der Waals surface area contributed by atoms with Crippen molar-refractivity contribution >= 4 is 23.4 Å². The number of amides is 2. The van der Waals surface area contributed by atoms with Crippen molar-refractivity contribution in [1.29, 1.82) is 0 Å². The van der Waals surface area contributed by atoms with E-state index in [0.717, 1.165) is 18.4 Å². The van der Waals surface area contributed by atoms with Gasteiger partial charge in [0, 0.05) is 23.3 Å². The number of benzene rings is 1. The first-order valence-electron chi connectivity index (χ1n) is 6.21. The summed E-state index contributed by atoms with van der Waals surface area (Å²) in [6.45, 7) is 2.04. The van der Waals surface area contributed by atoms with Crippen molar-refractivity contribution < 1.29 is 9.59 Å². The minimum absolute atomic E-state index is 0.0973. The van der Waals surface area contributed by atoms with Crippen molar-refractivity contribution in [2.75, 3.05) is 0 Å². The molecule has 1 aromatic carbocycles. The number of hydrogen-bond donors (Lipinski definition) is 1. The average molecular weight is 266 g/mol. The minimum atomic E-state index is -0.211. The zero-order valence-corrected chi connectivity index (χ0v) is 11.0. The molecule has 2 rings (SSSR count). The van der Waals surface area contributed by atoms with Gasteiger partial charge in [-0.3, -0.25) is 14.9 Å². The maximum atomic E-state index is 11.9. The van der Waals surface area contributed by atoms with Crippen LogP contribution in [0, 0.1) is 5.92 Å². The minimum Gasteiger partial charge on any atom is -0.296 e. The van der Waals surface area contributed by atoms with E-state index in [4.69, 9.17) is 11.6 Å². The largest absolute Gasteiger partial charge is 0.296 e. The van der Waals surface area contributed by atoms with E-state index in [1.807, 2.05) is 25.1 Å². The molecule has 0 spiro atoms. The highest BCUT2D eigenvalue weighted by Crippen LogP contribution is 2.37. The Labute approximate surface area is 112 Å². The molecule has 1 aromatic rings. The normalized spacial score (nSPS) is 23.9. The fraction of sp³-hybridized carbons (Fsp3) is 0.429. The second kappa shape index (κ2) is 5.53. The van der Waals surface area contributed by atoms with E-state index in [0.29, 0.717) is 11.4 Å². The molecular formula is C14H16ClNO2. The van der Waals surface area contributed by atoms with Crippen LogP contribution in [0.25, 0.3) is 0 Å². The summed E-state index contributed by atoms with van der Waals surface area (Å²) in [5.41, 5.74) is 0.904. The van der Waals surface area contributed by atoms with E-state index in [1.165, 1.54) is 0 Å². The Hall–Kier alpha value is -1.35. The molecule has 2 amide bonds. The monoisotopic (exact) mass is 265 g/mol. The quantitative estimate of drug-likeness (QED) is 0.854. The van der Waals surface area contributed by atoms with Crippen molar-refractivity contribution in [3.8, 4) is 0 Å². The molecule has 0 bridgehead atoms. The summed E-state index contributed by atoms with van der Waals surface area (Å²) in [4.78, 5) is 23.5. The Kier molecular flexibility index (Phi) is 4.02. The Morgan fingerprint density at radius 3 is 2.72 bits per heavy atom. The van der Waals surface area contributed by atoms with Gasteiger partial charge in [0.25, 0.3) is 0 Å². The summed E-state index contributed by atoms with van der Waals surface area (Å²) in [6, 6.07) is 7.45. The molecular weight excluding hydrogens is 250 g/mol. The van der Waals surface area contributed by atoms with Gasteiger partial charge in [0.2, 0.25) is 11.8 Å². The zero-order valence-electron chi connectivity index (χ0n) is 10.3. The highest BCUT2D eigenvalue weighted by atomic mass is 35.5. The molecule has 2 atom stereocenters. The number of carbonyl (C=O) groups excluding carboxylic acids is 2. The van der Waals surface area contributed by atoms with Crippen molar-refractivity contribution in [1.82, 2.24) is 5.32 Å². The first kappa shape index (κ1) is 13.1. The van der Waals surface area contributed by atoms with Crippen LogP contribution >= 0.6 is 11.6 Å². The standard InChI is InChI=1S/C14H16ClNO2/c1-2-5-10-11(8-13(17)16-14(10)18)9-6-3-4-7-12(9)15/h3-4,6-7,10-11H,2,5,8H2,1H3,(H,16,17,18). The summed E-state index contributed by atoms with van der Waals surface area (Å²) in [5.74, 6) is -0.636. The molecule has 3 nitrogen and oxygen atoms in total. The van der Waals surface area contributed by atoms with Crippen molar-refractivity contribution in [2.45, 2.75) is 32.1 Å². The first-order chi connectivity index (χ1) is 8.63. The zero-order chi connectivity index (χ0) is 13.1. The molecule has 2 unspecified atom stereocenters. The van der Waals surface area contributed by atoms with E-state index in [1.54, 1.807) is 6.07 Å². The number of piperidine rings is 1. The molecule has 1 fully saturated rings. The molecule has 96 valence electrons. The maximum Gasteiger partial charge on any atom is 0.230 e. The molecule has 18 heavy (non-hydrogen) atoms. The Morgan fingerprint density at radius 2 is 2.06 bits per heavy atom. The van der Waals surface area contributed by atoms with Gasteiger partial charge in [-0.25, -0.2) is 0 Å². The summed E-state index contributed by atoms with van der Waals surface area (Å²) in [7, 11) is 0. The molecule has 0 aliphatic carbocycles. The second-order valence-corrected chi connectivity index (χ2v) is 5.05. The van der Waals surface area contributed by atoms with Gasteiger partial charge in [0.1, 0.15) is 0 Å². The Balaban J connectivity index is 2.35. The molecule has 1 N–H and O–H groups in total. The number of halogens is 1. The molecule has 4 heteroatoms. The van der Waals surface area contributed by atoms with Crippen LogP contribution in [0.15, 0.2) is 24.3 Å². The highest BCUT2D eigenvalue weighted by molar-refractivity contribution is 6.31. The van der Waals surface area contributed by atoms with E-state index in [-0.39, 0.29) is 23.7 Å². The predicted octanol–water partition coefficient (Wildman–Crippen LogP) is 2.89. The third kappa shape index (κ3) is 2.56. The van der Waals surface area contributed by atoms with Gasteiger partial charge >= 0.3 is 0 Å². The van der Waals surface area contributed by atoms with Crippen LogP contribution in [0.1, 0.15) is 37.7 Å². The lowest BCUT2D eigenvalue weighted by Crippen LogP contribution is -2.44. The number of imide groups is 1. The highest BCUT2D eigenvalue weighted by Gasteiger charge is 2.36. The number of rotatable bonds is 3. The van der Waals surface area contributed by atoms with Gasteiger partial charge in [0.05, 0.1) is 0 Å². The number of carbonyl (C=O) groups is 2. The molecule has 1 heterocycles. The topological polar surface area (TPSA) is 46.2 Å². The summed E-state index contributed by atoms with van der Waals surface area (Å²) in [5, 5.41) is 3.04. The Morgan fingerprint density at radius 1 is 1.33 bits per heavy atom. The molecule has 0 saturated carbocycles. The second-order valence-electron chi connectivity index (χ2n) is 4.64. The third-order valence-electron chi connectivity index (χ3n) is 3.39. The smallest absolute Gasteiger partial charge is 0.230 e. The first-order valence-corrected chi connectivity index (χ1v) is 6.59. The van der Waals surface area contributed by atoms with E-state index < -0.39 is 0 Å². The van der Waals surface area contributed by atoms with Crippen molar-refractivity contribution in [3.63, 3.8) is 0 Å². The van der Waals surface area contributed by atoms with Crippen LogP contribution in [0.3, 0.4) is 0 Å². The van der Waals surface area contributed by atoms with Crippen LogP contribution < -0.4 is 5.32 Å².